The zero-order chi connectivity index (χ0) is 12.8. The summed E-state index contributed by atoms with van der Waals surface area (Å²) in [7, 11) is 1.47. The van der Waals surface area contributed by atoms with Crippen LogP contribution in [0.4, 0.5) is 0 Å². The molecule has 6 nitrogen and oxygen atoms in total. The molecule has 17 heavy (non-hydrogen) atoms. The highest BCUT2D eigenvalue weighted by Gasteiger charge is 2.17. The molecule has 92 valence electrons. The first kappa shape index (κ1) is 12.8. The molecule has 3 N–H and O–H groups in total. The molecule has 0 bridgehead atoms. The van der Waals surface area contributed by atoms with E-state index in [0.717, 1.165) is 0 Å². The average molecular weight is 238 g/mol. The Morgan fingerprint density at radius 3 is 2.82 bits per heavy atom. The largest absolute Gasteiger partial charge is 0.493 e. The van der Waals surface area contributed by atoms with Crippen LogP contribution >= 0.6 is 0 Å². The van der Waals surface area contributed by atoms with Gasteiger partial charge in [-0.2, -0.15) is 5.10 Å². The third-order valence-corrected chi connectivity index (χ3v) is 2.09. The van der Waals surface area contributed by atoms with Crippen LogP contribution in [0.15, 0.2) is 23.3 Å². The summed E-state index contributed by atoms with van der Waals surface area (Å²) in [4.78, 5) is 10.7. The van der Waals surface area contributed by atoms with Crippen molar-refractivity contribution in [2.45, 2.75) is 13.0 Å². The van der Waals surface area contributed by atoms with Crippen LogP contribution in [0.25, 0.3) is 0 Å². The number of nitrogens with two attached hydrogens (primary N) is 1. The van der Waals surface area contributed by atoms with Crippen molar-refractivity contribution in [3.05, 3.63) is 23.8 Å². The molecule has 0 fully saturated rings. The Hall–Kier alpha value is -2.24. The quantitative estimate of drug-likeness (QED) is 0.450. The van der Waals surface area contributed by atoms with Crippen LogP contribution in [0.3, 0.4) is 0 Å². The first-order valence-electron chi connectivity index (χ1n) is 4.90. The summed E-state index contributed by atoms with van der Waals surface area (Å²) in [5.41, 5.74) is 0.556. The molecule has 1 rings (SSSR count). The highest BCUT2D eigenvalue weighted by molar-refractivity contribution is 5.85. The van der Waals surface area contributed by atoms with Gasteiger partial charge in [-0.1, -0.05) is 6.07 Å². The first-order chi connectivity index (χ1) is 8.10. The maximum absolute atomic E-state index is 10.7. The van der Waals surface area contributed by atoms with Gasteiger partial charge in [0.1, 0.15) is 0 Å². The summed E-state index contributed by atoms with van der Waals surface area (Å²) >= 11 is 0. The molecule has 0 aromatic heterocycles. The van der Waals surface area contributed by atoms with E-state index in [1.807, 2.05) is 0 Å². The smallest absolute Gasteiger partial charge is 0.344 e. The number of ether oxygens (including phenoxy) is 2. The predicted molar refractivity (Wildman–Crippen MR) is 62.5 cm³/mol. The zero-order valence-electron chi connectivity index (χ0n) is 9.58. The molecule has 0 amide bonds. The molecule has 0 radical (unpaired) electrons. The molecule has 1 atom stereocenters. The number of nitrogens with zero attached hydrogens (tertiary/aromatic N) is 1. The fourth-order valence-electron chi connectivity index (χ4n) is 1.23. The minimum atomic E-state index is -1.06. The lowest BCUT2D eigenvalue weighted by molar-refractivity contribution is -0.144. The molecule has 1 aromatic rings. The van der Waals surface area contributed by atoms with Gasteiger partial charge in [-0.25, -0.2) is 4.79 Å². The summed E-state index contributed by atoms with van der Waals surface area (Å²) in [6, 6.07) is 5.09. The van der Waals surface area contributed by atoms with Crippen molar-refractivity contribution < 1.29 is 19.4 Å². The second-order valence-electron chi connectivity index (χ2n) is 3.26. The fraction of sp³-hybridized carbons (Fsp3) is 0.273. The van der Waals surface area contributed by atoms with E-state index in [9.17, 15) is 4.79 Å². The van der Waals surface area contributed by atoms with Crippen molar-refractivity contribution in [3.8, 4) is 11.5 Å². The highest BCUT2D eigenvalue weighted by atomic mass is 16.5. The number of rotatable bonds is 5. The summed E-state index contributed by atoms with van der Waals surface area (Å²) in [6.45, 7) is 1.43. The van der Waals surface area contributed by atoms with Gasteiger partial charge in [0.25, 0.3) is 0 Å². The zero-order valence-corrected chi connectivity index (χ0v) is 9.58. The van der Waals surface area contributed by atoms with Crippen molar-refractivity contribution in [2.75, 3.05) is 7.11 Å². The van der Waals surface area contributed by atoms with Gasteiger partial charge in [-0.3, -0.25) is 0 Å². The fourth-order valence-corrected chi connectivity index (χ4v) is 1.23. The summed E-state index contributed by atoms with van der Waals surface area (Å²) in [5, 5.41) is 12.2. The number of carboxylic acids is 1. The average Bonchev–Trinajstić information content (AvgIpc) is 2.31. The Bertz CT molecular complexity index is 431. The third-order valence-electron chi connectivity index (χ3n) is 2.09. The number of para-hydroxylation sites is 1. The first-order valence-corrected chi connectivity index (χ1v) is 4.90. The second-order valence-corrected chi connectivity index (χ2v) is 3.26. The van der Waals surface area contributed by atoms with Gasteiger partial charge in [0.2, 0.25) is 0 Å². The normalized spacial score (nSPS) is 12.4. The van der Waals surface area contributed by atoms with Crippen molar-refractivity contribution in [1.29, 1.82) is 0 Å². The SMILES string of the molecule is COc1cccc(C=NN)c1OC(C)C(=O)O. The summed E-state index contributed by atoms with van der Waals surface area (Å²) < 4.78 is 10.4. The van der Waals surface area contributed by atoms with E-state index in [0.29, 0.717) is 17.1 Å². The topological polar surface area (TPSA) is 94.1 Å². The van der Waals surface area contributed by atoms with Crippen LogP contribution in [0, 0.1) is 0 Å². The number of methoxy groups -OCH3 is 1. The van der Waals surface area contributed by atoms with E-state index in [4.69, 9.17) is 20.4 Å². The number of carbonyl (C=O) groups is 1. The van der Waals surface area contributed by atoms with E-state index in [-0.39, 0.29) is 0 Å². The maximum atomic E-state index is 10.7. The molecular weight excluding hydrogens is 224 g/mol. The van der Waals surface area contributed by atoms with E-state index < -0.39 is 12.1 Å². The van der Waals surface area contributed by atoms with Crippen molar-refractivity contribution in [3.63, 3.8) is 0 Å². The van der Waals surface area contributed by atoms with Gasteiger partial charge in [-0.05, 0) is 19.1 Å². The van der Waals surface area contributed by atoms with Crippen LogP contribution in [0.5, 0.6) is 11.5 Å². The Morgan fingerprint density at radius 1 is 1.59 bits per heavy atom. The summed E-state index contributed by atoms with van der Waals surface area (Å²) in [5.74, 6) is 4.74. The predicted octanol–water partition coefficient (Wildman–Crippen LogP) is 0.840. The molecule has 0 saturated heterocycles. The van der Waals surface area contributed by atoms with Gasteiger partial charge in [-0.15, -0.1) is 0 Å². The van der Waals surface area contributed by atoms with E-state index in [1.165, 1.54) is 20.2 Å². The molecular formula is C11H14N2O4. The monoisotopic (exact) mass is 238 g/mol. The lowest BCUT2D eigenvalue weighted by atomic mass is 10.2. The lowest BCUT2D eigenvalue weighted by Gasteiger charge is -2.15. The Balaban J connectivity index is 3.12. The molecule has 1 unspecified atom stereocenters. The van der Waals surface area contributed by atoms with Crippen molar-refractivity contribution >= 4 is 12.2 Å². The molecule has 0 saturated carbocycles. The molecule has 0 heterocycles. The minimum absolute atomic E-state index is 0.305. The molecule has 6 heteroatoms. The van der Waals surface area contributed by atoms with Crippen LogP contribution in [0.1, 0.15) is 12.5 Å². The minimum Gasteiger partial charge on any atom is -0.493 e. The van der Waals surface area contributed by atoms with Gasteiger partial charge in [0, 0.05) is 5.56 Å². The molecule has 0 aliphatic heterocycles. The maximum Gasteiger partial charge on any atom is 0.344 e. The summed E-state index contributed by atoms with van der Waals surface area (Å²) in [6.07, 6.45) is 0.378. The van der Waals surface area contributed by atoms with Crippen molar-refractivity contribution in [1.82, 2.24) is 0 Å². The lowest BCUT2D eigenvalue weighted by Crippen LogP contribution is -2.23. The van der Waals surface area contributed by atoms with Crippen LogP contribution < -0.4 is 15.3 Å². The second kappa shape index (κ2) is 5.74. The number of aliphatic carboxylic acids is 1. The van der Waals surface area contributed by atoms with Gasteiger partial charge in [0.05, 0.1) is 13.3 Å². The van der Waals surface area contributed by atoms with Gasteiger partial charge in [0.15, 0.2) is 17.6 Å². The number of hydrazone groups is 1. The number of hydrogen-bond acceptors (Lipinski definition) is 5. The van der Waals surface area contributed by atoms with Crippen LogP contribution in [-0.4, -0.2) is 30.5 Å². The van der Waals surface area contributed by atoms with E-state index >= 15 is 0 Å². The highest BCUT2D eigenvalue weighted by Crippen LogP contribution is 2.30. The Labute approximate surface area is 98.6 Å². The standard InChI is InChI=1S/C11H14N2O4/c1-7(11(14)15)17-10-8(6-13-12)4-3-5-9(10)16-2/h3-7H,12H2,1-2H3,(H,14,15). The molecule has 0 aliphatic rings. The molecule has 0 aliphatic carbocycles. The number of carboxylic acid groups (broad SMARTS) is 1. The van der Waals surface area contributed by atoms with Gasteiger partial charge >= 0.3 is 5.97 Å². The Kier molecular flexibility index (Phi) is 4.33. The van der Waals surface area contributed by atoms with Gasteiger partial charge < -0.3 is 20.4 Å². The van der Waals surface area contributed by atoms with Crippen LogP contribution in [-0.2, 0) is 4.79 Å². The van der Waals surface area contributed by atoms with E-state index in [2.05, 4.69) is 5.10 Å². The number of hydrogen-bond donors (Lipinski definition) is 2. The Morgan fingerprint density at radius 2 is 2.29 bits per heavy atom. The van der Waals surface area contributed by atoms with Crippen molar-refractivity contribution in [2.24, 2.45) is 10.9 Å². The molecule has 0 spiro atoms. The molecule has 1 aromatic carbocycles. The van der Waals surface area contributed by atoms with Crippen LogP contribution in [0.2, 0.25) is 0 Å². The number of benzene rings is 1. The van der Waals surface area contributed by atoms with E-state index in [1.54, 1.807) is 18.2 Å². The third kappa shape index (κ3) is 3.10.